The van der Waals surface area contributed by atoms with Gasteiger partial charge in [-0.25, -0.2) is 0 Å². The predicted octanol–water partition coefficient (Wildman–Crippen LogP) is 4.02. The molecule has 8 heteroatoms. The molecule has 5 atom stereocenters. The van der Waals surface area contributed by atoms with Crippen molar-refractivity contribution in [3.8, 4) is 0 Å². The number of nitrogens with zero attached hydrogens (tertiary/aromatic N) is 2. The van der Waals surface area contributed by atoms with Gasteiger partial charge in [-0.2, -0.15) is 0 Å². The van der Waals surface area contributed by atoms with Crippen LogP contribution in [-0.4, -0.2) is 82.3 Å². The molecule has 4 aliphatic rings. The summed E-state index contributed by atoms with van der Waals surface area (Å²) in [6, 6.07) is -0.843. The molecule has 0 radical (unpaired) electrons. The second-order valence-electron chi connectivity index (χ2n) is 13.5. The highest BCUT2D eigenvalue weighted by atomic mass is 16.6. The SMILES string of the molecule is CC(C)(C)CC(C)(C)N1CC=C[C@]23O[C@H]4/C=C\CCCCOC(=O)[C@H]4[C@H]2C(=O)N(CCCCCCO)C3C1=O. The lowest BCUT2D eigenvalue weighted by molar-refractivity contribution is -0.156. The number of hydrogen-bond acceptors (Lipinski definition) is 6. The van der Waals surface area contributed by atoms with Crippen LogP contribution in [0.4, 0.5) is 0 Å². The number of aliphatic hydroxyl groups excluding tert-OH is 1. The van der Waals surface area contributed by atoms with Crippen LogP contribution in [0.3, 0.4) is 0 Å². The van der Waals surface area contributed by atoms with Crippen molar-refractivity contribution in [3.05, 3.63) is 24.3 Å². The summed E-state index contributed by atoms with van der Waals surface area (Å²) in [5.74, 6) is -2.35. The Morgan fingerprint density at radius 2 is 1.74 bits per heavy atom. The number of carbonyl (C=O) groups excluding carboxylic acids is 3. The van der Waals surface area contributed by atoms with E-state index in [9.17, 15) is 14.4 Å². The molecule has 4 rings (SSSR count). The average molecular weight is 545 g/mol. The van der Waals surface area contributed by atoms with Crippen LogP contribution in [0.5, 0.6) is 0 Å². The van der Waals surface area contributed by atoms with Crippen molar-refractivity contribution >= 4 is 17.8 Å². The Balaban J connectivity index is 1.74. The van der Waals surface area contributed by atoms with Gasteiger partial charge < -0.3 is 24.4 Å². The molecule has 2 fully saturated rings. The van der Waals surface area contributed by atoms with Gasteiger partial charge in [0.15, 0.2) is 0 Å². The molecule has 0 aliphatic carbocycles. The molecule has 1 unspecified atom stereocenters. The molecular weight excluding hydrogens is 496 g/mol. The van der Waals surface area contributed by atoms with Gasteiger partial charge in [-0.1, -0.05) is 57.9 Å². The van der Waals surface area contributed by atoms with Crippen LogP contribution in [0.25, 0.3) is 0 Å². The Morgan fingerprint density at radius 3 is 2.46 bits per heavy atom. The number of unbranched alkanes of at least 4 members (excludes halogenated alkanes) is 3. The molecule has 0 aromatic carbocycles. The summed E-state index contributed by atoms with van der Waals surface area (Å²) in [7, 11) is 0. The molecule has 1 spiro atoms. The Bertz CT molecular complexity index is 982. The second-order valence-corrected chi connectivity index (χ2v) is 13.5. The highest BCUT2D eigenvalue weighted by Gasteiger charge is 2.72. The molecule has 0 aromatic heterocycles. The maximum absolute atomic E-state index is 14.6. The van der Waals surface area contributed by atoms with E-state index in [0.29, 0.717) is 32.5 Å². The number of aliphatic hydroxyl groups is 1. The number of likely N-dealkylation sites (tertiary alicyclic amines) is 1. The van der Waals surface area contributed by atoms with Gasteiger partial charge in [-0.05, 0) is 57.8 Å². The van der Waals surface area contributed by atoms with Crippen molar-refractivity contribution < 1.29 is 29.0 Å². The van der Waals surface area contributed by atoms with Crippen LogP contribution in [0, 0.1) is 17.3 Å². The minimum atomic E-state index is -1.22. The number of hydrogen-bond donors (Lipinski definition) is 1. The third-order valence-electron chi connectivity index (χ3n) is 8.60. The van der Waals surface area contributed by atoms with Crippen LogP contribution in [0.1, 0.15) is 86.0 Å². The number of ether oxygens (including phenoxy) is 2. The quantitative estimate of drug-likeness (QED) is 0.282. The van der Waals surface area contributed by atoms with Crippen LogP contribution in [-0.2, 0) is 23.9 Å². The summed E-state index contributed by atoms with van der Waals surface area (Å²) in [6.45, 7) is 12.0. The molecule has 4 aliphatic heterocycles. The van der Waals surface area contributed by atoms with Crippen molar-refractivity contribution in [2.75, 3.05) is 26.3 Å². The largest absolute Gasteiger partial charge is 0.465 e. The fraction of sp³-hybridized carbons (Fsp3) is 0.774. The Labute approximate surface area is 233 Å². The summed E-state index contributed by atoms with van der Waals surface area (Å²) < 4.78 is 12.4. The number of cyclic esters (lactones) is 1. The molecule has 4 heterocycles. The van der Waals surface area contributed by atoms with Crippen molar-refractivity contribution in [2.45, 2.75) is 109 Å². The molecule has 1 N–H and O–H groups in total. The normalized spacial score (nSPS) is 32.4. The molecule has 0 saturated carbocycles. The zero-order valence-electron chi connectivity index (χ0n) is 24.5. The minimum absolute atomic E-state index is 0.00121. The van der Waals surface area contributed by atoms with Crippen LogP contribution >= 0.6 is 0 Å². The number of allylic oxidation sites excluding steroid dienone is 1. The molecule has 0 aromatic rings. The highest BCUT2D eigenvalue weighted by Crippen LogP contribution is 2.53. The zero-order valence-corrected chi connectivity index (χ0v) is 24.5. The number of carbonyl (C=O) groups is 3. The minimum Gasteiger partial charge on any atom is -0.465 e. The van der Waals surface area contributed by atoms with Gasteiger partial charge in [0, 0.05) is 25.2 Å². The first-order chi connectivity index (χ1) is 18.4. The zero-order chi connectivity index (χ0) is 28.4. The van der Waals surface area contributed by atoms with Crippen molar-refractivity contribution in [3.63, 3.8) is 0 Å². The summed E-state index contributed by atoms with van der Waals surface area (Å²) in [5.41, 5.74) is -1.68. The highest BCUT2D eigenvalue weighted by molar-refractivity contribution is 5.99. The summed E-state index contributed by atoms with van der Waals surface area (Å²) in [4.78, 5) is 45.8. The molecule has 0 bridgehead atoms. The first-order valence-electron chi connectivity index (χ1n) is 14.8. The lowest BCUT2D eigenvalue weighted by Gasteiger charge is -2.44. The molecule has 2 amide bonds. The summed E-state index contributed by atoms with van der Waals surface area (Å²) in [6.07, 6.45) is 13.6. The van der Waals surface area contributed by atoms with Gasteiger partial charge in [-0.3, -0.25) is 14.4 Å². The van der Waals surface area contributed by atoms with Crippen LogP contribution < -0.4 is 0 Å². The monoisotopic (exact) mass is 544 g/mol. The average Bonchev–Trinajstić information content (AvgIpc) is 3.22. The van der Waals surface area contributed by atoms with Crippen molar-refractivity contribution in [1.29, 1.82) is 0 Å². The maximum Gasteiger partial charge on any atom is 0.312 e. The van der Waals surface area contributed by atoms with E-state index in [1.165, 1.54) is 0 Å². The van der Waals surface area contributed by atoms with Crippen LogP contribution in [0.2, 0.25) is 0 Å². The molecule has 8 nitrogen and oxygen atoms in total. The first-order valence-corrected chi connectivity index (χ1v) is 14.8. The standard InChI is InChI=1S/C31H48N2O6/c1-29(2,3)21-30(4,5)33-18-14-16-31-24(23-22(39-31)15-10-6-9-13-20-38-28(23)37)26(35)32(25(31)27(33)36)17-11-7-8-12-19-34/h10,14-16,22-25,34H,6-9,11-13,17-21H2,1-5H3/b15-10-/t22-,23+,24-,25?,31-/m0/s1. The fourth-order valence-corrected chi connectivity index (χ4v) is 7.34. The lowest BCUT2D eigenvalue weighted by atomic mass is 9.77. The van der Waals surface area contributed by atoms with Gasteiger partial charge in [-0.15, -0.1) is 0 Å². The van der Waals surface area contributed by atoms with Gasteiger partial charge in [0.25, 0.3) is 0 Å². The first kappa shape index (κ1) is 29.8. The van der Waals surface area contributed by atoms with Gasteiger partial charge in [0.2, 0.25) is 11.8 Å². The van der Waals surface area contributed by atoms with E-state index in [0.717, 1.165) is 38.5 Å². The Morgan fingerprint density at radius 1 is 1.00 bits per heavy atom. The van der Waals surface area contributed by atoms with E-state index in [1.807, 2.05) is 29.2 Å². The summed E-state index contributed by atoms with van der Waals surface area (Å²) >= 11 is 0. The van der Waals surface area contributed by atoms with Crippen LogP contribution in [0.15, 0.2) is 24.3 Å². The molecule has 218 valence electrons. The van der Waals surface area contributed by atoms with E-state index in [2.05, 4.69) is 34.6 Å². The number of rotatable bonds is 8. The van der Waals surface area contributed by atoms with Crippen molar-refractivity contribution in [2.24, 2.45) is 17.3 Å². The predicted molar refractivity (Wildman–Crippen MR) is 149 cm³/mol. The molecule has 2 saturated heterocycles. The van der Waals surface area contributed by atoms with E-state index >= 15 is 0 Å². The Kier molecular flexibility index (Phi) is 8.96. The summed E-state index contributed by atoms with van der Waals surface area (Å²) in [5, 5.41) is 9.16. The third-order valence-corrected chi connectivity index (χ3v) is 8.60. The van der Waals surface area contributed by atoms with Gasteiger partial charge >= 0.3 is 5.97 Å². The maximum atomic E-state index is 14.6. The third kappa shape index (κ3) is 5.97. The lowest BCUT2D eigenvalue weighted by Crippen LogP contribution is -2.59. The molecular formula is C31H48N2O6. The van der Waals surface area contributed by atoms with E-state index in [-0.39, 0.29) is 23.8 Å². The van der Waals surface area contributed by atoms with Crippen molar-refractivity contribution in [1.82, 2.24) is 9.80 Å². The fourth-order valence-electron chi connectivity index (χ4n) is 7.34. The second kappa shape index (κ2) is 11.7. The molecule has 39 heavy (non-hydrogen) atoms. The van der Waals surface area contributed by atoms with Gasteiger partial charge in [0.05, 0.1) is 18.6 Å². The van der Waals surface area contributed by atoms with E-state index in [4.69, 9.17) is 14.6 Å². The van der Waals surface area contributed by atoms with E-state index in [1.54, 1.807) is 4.90 Å². The Hall–Kier alpha value is -2.19. The van der Waals surface area contributed by atoms with Gasteiger partial charge in [0.1, 0.15) is 17.6 Å². The number of esters is 1. The topological polar surface area (TPSA) is 96.4 Å². The van der Waals surface area contributed by atoms with E-state index < -0.39 is 41.1 Å². The smallest absolute Gasteiger partial charge is 0.312 e. The number of fused-ring (bicyclic) bond motifs is 2. The number of amides is 2.